The maximum atomic E-state index is 12.8. The van der Waals surface area contributed by atoms with E-state index >= 15 is 0 Å². The smallest absolute Gasteiger partial charge is 0.339 e. The highest BCUT2D eigenvalue weighted by molar-refractivity contribution is 5.90. The molecule has 1 N–H and O–H groups in total. The van der Waals surface area contributed by atoms with Gasteiger partial charge in [0, 0.05) is 38.1 Å². The first-order valence-corrected chi connectivity index (χ1v) is 10.5. The fraction of sp³-hybridized carbons (Fsp3) is 0.435. The second-order valence-corrected chi connectivity index (χ2v) is 7.66. The standard InChI is InChI=1S/C23H30N4O3/c1-4-30-22(28)19-9-10-21(24-16-19)26-11-6-12-27(14-13-26)23(29)25-20-8-5-7-18(15-20)17(2)3/h5,7-10,15-17H,4,6,11-14H2,1-3H3,(H,25,29). The number of carbonyl (C=O) groups is 2. The summed E-state index contributed by atoms with van der Waals surface area (Å²) < 4.78 is 5.00. The Labute approximate surface area is 178 Å². The minimum absolute atomic E-state index is 0.0802. The SMILES string of the molecule is CCOC(=O)c1ccc(N2CCCN(C(=O)Nc3cccc(C(C)C)c3)CC2)nc1. The lowest BCUT2D eigenvalue weighted by atomic mass is 10.0. The second kappa shape index (κ2) is 10.1. The van der Waals surface area contributed by atoms with E-state index in [1.165, 1.54) is 5.56 Å². The van der Waals surface area contributed by atoms with Gasteiger partial charge in [-0.25, -0.2) is 14.6 Å². The summed E-state index contributed by atoms with van der Waals surface area (Å²) in [6.45, 7) is 9.18. The lowest BCUT2D eigenvalue weighted by Gasteiger charge is -2.23. The summed E-state index contributed by atoms with van der Waals surface area (Å²) in [7, 11) is 0. The average Bonchev–Trinajstić information content (AvgIpc) is 3.00. The molecular weight excluding hydrogens is 380 g/mol. The third-order valence-corrected chi connectivity index (χ3v) is 5.17. The van der Waals surface area contributed by atoms with Crippen molar-refractivity contribution in [3.05, 3.63) is 53.7 Å². The summed E-state index contributed by atoms with van der Waals surface area (Å²) in [5.41, 5.74) is 2.47. The van der Waals surface area contributed by atoms with E-state index in [9.17, 15) is 9.59 Å². The Hall–Kier alpha value is -3.09. The van der Waals surface area contributed by atoms with Gasteiger partial charge in [0.1, 0.15) is 5.82 Å². The molecule has 30 heavy (non-hydrogen) atoms. The van der Waals surface area contributed by atoms with Crippen molar-refractivity contribution in [3.63, 3.8) is 0 Å². The van der Waals surface area contributed by atoms with Crippen LogP contribution in [0.5, 0.6) is 0 Å². The highest BCUT2D eigenvalue weighted by Crippen LogP contribution is 2.20. The zero-order valence-corrected chi connectivity index (χ0v) is 17.9. The lowest BCUT2D eigenvalue weighted by Crippen LogP contribution is -2.38. The van der Waals surface area contributed by atoms with Gasteiger partial charge in [0.25, 0.3) is 0 Å². The fourth-order valence-corrected chi connectivity index (χ4v) is 3.44. The molecule has 0 spiro atoms. The molecular formula is C23H30N4O3. The highest BCUT2D eigenvalue weighted by Gasteiger charge is 2.20. The first kappa shape index (κ1) is 21.6. The molecule has 1 fully saturated rings. The van der Waals surface area contributed by atoms with Gasteiger partial charge in [-0.2, -0.15) is 0 Å². The van der Waals surface area contributed by atoms with E-state index in [0.717, 1.165) is 24.5 Å². The molecule has 0 bridgehead atoms. The molecule has 2 heterocycles. The van der Waals surface area contributed by atoms with E-state index in [0.29, 0.717) is 37.7 Å². The summed E-state index contributed by atoms with van der Waals surface area (Å²) >= 11 is 0. The number of benzene rings is 1. The molecule has 0 aliphatic carbocycles. The molecule has 0 atom stereocenters. The van der Waals surface area contributed by atoms with Gasteiger partial charge >= 0.3 is 12.0 Å². The minimum atomic E-state index is -0.364. The third kappa shape index (κ3) is 5.49. The van der Waals surface area contributed by atoms with Crippen molar-refractivity contribution in [2.24, 2.45) is 0 Å². The Balaban J connectivity index is 1.58. The Morgan fingerprint density at radius 3 is 2.67 bits per heavy atom. The Bertz CT molecular complexity index is 867. The van der Waals surface area contributed by atoms with Crippen molar-refractivity contribution in [1.82, 2.24) is 9.88 Å². The summed E-state index contributed by atoms with van der Waals surface area (Å²) in [5.74, 6) is 0.850. The van der Waals surface area contributed by atoms with Gasteiger partial charge in [-0.05, 0) is 49.1 Å². The largest absolute Gasteiger partial charge is 0.462 e. The van der Waals surface area contributed by atoms with Crippen LogP contribution in [0.3, 0.4) is 0 Å². The Kier molecular flexibility index (Phi) is 7.27. The number of hydrogen-bond acceptors (Lipinski definition) is 5. The molecule has 2 amide bonds. The number of pyridine rings is 1. The van der Waals surface area contributed by atoms with Gasteiger partial charge in [0.05, 0.1) is 12.2 Å². The van der Waals surface area contributed by atoms with E-state index in [2.05, 4.69) is 35.1 Å². The number of nitrogens with zero attached hydrogens (tertiary/aromatic N) is 3. The Morgan fingerprint density at radius 2 is 1.97 bits per heavy atom. The number of rotatable bonds is 5. The van der Waals surface area contributed by atoms with E-state index in [1.807, 2.05) is 29.2 Å². The molecule has 1 aliphatic heterocycles. The molecule has 1 aliphatic rings. The van der Waals surface area contributed by atoms with E-state index in [-0.39, 0.29) is 12.0 Å². The molecule has 0 radical (unpaired) electrons. The van der Waals surface area contributed by atoms with Crippen LogP contribution in [0.1, 0.15) is 49.0 Å². The second-order valence-electron chi connectivity index (χ2n) is 7.66. The number of amides is 2. The first-order valence-electron chi connectivity index (χ1n) is 10.5. The summed E-state index contributed by atoms with van der Waals surface area (Å²) in [5, 5.41) is 3.02. The molecule has 3 rings (SSSR count). The number of carbonyl (C=O) groups excluding carboxylic acids is 2. The van der Waals surface area contributed by atoms with Crippen molar-refractivity contribution in [2.75, 3.05) is 43.0 Å². The minimum Gasteiger partial charge on any atom is -0.462 e. The van der Waals surface area contributed by atoms with Crippen molar-refractivity contribution in [2.45, 2.75) is 33.1 Å². The summed E-state index contributed by atoms with van der Waals surface area (Å²) in [4.78, 5) is 32.9. The number of aromatic nitrogens is 1. The van der Waals surface area contributed by atoms with E-state index in [1.54, 1.807) is 19.2 Å². The predicted molar refractivity (Wildman–Crippen MR) is 118 cm³/mol. The zero-order chi connectivity index (χ0) is 21.5. The maximum absolute atomic E-state index is 12.8. The molecule has 1 aromatic carbocycles. The third-order valence-electron chi connectivity index (χ3n) is 5.17. The van der Waals surface area contributed by atoms with Crippen LogP contribution in [-0.2, 0) is 4.74 Å². The number of nitrogens with one attached hydrogen (secondary N) is 1. The number of hydrogen-bond donors (Lipinski definition) is 1. The number of esters is 1. The molecule has 160 valence electrons. The molecule has 1 aromatic heterocycles. The summed E-state index contributed by atoms with van der Waals surface area (Å²) in [6, 6.07) is 11.5. The first-order chi connectivity index (χ1) is 14.5. The van der Waals surface area contributed by atoms with Crippen LogP contribution in [-0.4, -0.2) is 54.7 Å². The van der Waals surface area contributed by atoms with Gasteiger partial charge in [-0.3, -0.25) is 0 Å². The zero-order valence-electron chi connectivity index (χ0n) is 17.9. The molecule has 2 aromatic rings. The molecule has 7 heteroatoms. The van der Waals surface area contributed by atoms with Gasteiger partial charge in [0.15, 0.2) is 0 Å². The van der Waals surface area contributed by atoms with Crippen molar-refractivity contribution < 1.29 is 14.3 Å². The maximum Gasteiger partial charge on any atom is 0.339 e. The fourth-order valence-electron chi connectivity index (χ4n) is 3.44. The van der Waals surface area contributed by atoms with Crippen LogP contribution < -0.4 is 10.2 Å². The van der Waals surface area contributed by atoms with Crippen LogP contribution in [0, 0.1) is 0 Å². The van der Waals surface area contributed by atoms with Crippen LogP contribution in [0.4, 0.5) is 16.3 Å². The molecule has 1 saturated heterocycles. The number of urea groups is 1. The monoisotopic (exact) mass is 410 g/mol. The van der Waals surface area contributed by atoms with Crippen LogP contribution in [0.25, 0.3) is 0 Å². The molecule has 0 saturated carbocycles. The van der Waals surface area contributed by atoms with Crippen molar-refractivity contribution in [1.29, 1.82) is 0 Å². The topological polar surface area (TPSA) is 74.8 Å². The molecule has 7 nitrogen and oxygen atoms in total. The lowest BCUT2D eigenvalue weighted by molar-refractivity contribution is 0.0526. The van der Waals surface area contributed by atoms with Crippen molar-refractivity contribution >= 4 is 23.5 Å². The van der Waals surface area contributed by atoms with Crippen molar-refractivity contribution in [3.8, 4) is 0 Å². The van der Waals surface area contributed by atoms with Crippen LogP contribution >= 0.6 is 0 Å². The average molecular weight is 411 g/mol. The van der Waals surface area contributed by atoms with Crippen LogP contribution in [0.2, 0.25) is 0 Å². The van der Waals surface area contributed by atoms with Gasteiger partial charge in [0.2, 0.25) is 0 Å². The highest BCUT2D eigenvalue weighted by atomic mass is 16.5. The normalized spacial score (nSPS) is 14.4. The quantitative estimate of drug-likeness (QED) is 0.751. The predicted octanol–water partition coefficient (Wildman–Crippen LogP) is 4.13. The number of ether oxygens (including phenoxy) is 1. The van der Waals surface area contributed by atoms with Gasteiger partial charge < -0.3 is 19.9 Å². The molecule has 0 unspecified atom stereocenters. The Morgan fingerprint density at radius 1 is 1.13 bits per heavy atom. The summed E-state index contributed by atoms with van der Waals surface area (Å²) in [6.07, 6.45) is 2.39. The van der Waals surface area contributed by atoms with Gasteiger partial charge in [-0.1, -0.05) is 26.0 Å². The van der Waals surface area contributed by atoms with Crippen LogP contribution in [0.15, 0.2) is 42.6 Å². The number of anilines is 2. The van der Waals surface area contributed by atoms with E-state index in [4.69, 9.17) is 4.74 Å². The van der Waals surface area contributed by atoms with Gasteiger partial charge in [-0.15, -0.1) is 0 Å². The van der Waals surface area contributed by atoms with E-state index < -0.39 is 0 Å².